The fourth-order valence-electron chi connectivity index (χ4n) is 9.70. The molecule has 4 aliphatic carbocycles. The molecule has 4 saturated carbocycles. The summed E-state index contributed by atoms with van der Waals surface area (Å²) in [6.45, 7) is 1.97. The third-order valence-electron chi connectivity index (χ3n) is 13.2. The Kier molecular flexibility index (Phi) is 15.7. The minimum atomic E-state index is -5.11. The topological polar surface area (TPSA) is 18.5 Å². The SMILES string of the molecule is CC1CCC(CCC2CCC(c3cc(F)c(OC(F)(F)F)c(F)c3)CC2)CC1.CC1CCC(CCC2CCC(c3ccc(OC(F)F)cc3)CC2)CC1. The van der Waals surface area contributed by atoms with Gasteiger partial charge in [-0.3, -0.25) is 0 Å². The van der Waals surface area contributed by atoms with E-state index in [1.807, 2.05) is 12.1 Å². The van der Waals surface area contributed by atoms with Crippen molar-refractivity contribution in [2.24, 2.45) is 35.5 Å². The summed E-state index contributed by atoms with van der Waals surface area (Å²) in [6, 6.07) is 9.28. The zero-order valence-corrected chi connectivity index (χ0v) is 31.8. The molecule has 2 aromatic carbocycles. The van der Waals surface area contributed by atoms with Crippen molar-refractivity contribution in [3.05, 3.63) is 59.2 Å². The van der Waals surface area contributed by atoms with E-state index in [0.717, 1.165) is 67.4 Å². The first kappa shape index (κ1) is 41.7. The van der Waals surface area contributed by atoms with Gasteiger partial charge in [0, 0.05) is 0 Å². The lowest BCUT2D eigenvalue weighted by molar-refractivity contribution is -0.276. The largest absolute Gasteiger partial charge is 0.573 e. The highest BCUT2D eigenvalue weighted by molar-refractivity contribution is 5.33. The number of benzene rings is 2. The predicted molar refractivity (Wildman–Crippen MR) is 196 cm³/mol. The summed E-state index contributed by atoms with van der Waals surface area (Å²) in [5.74, 6) is 2.08. The summed E-state index contributed by atoms with van der Waals surface area (Å²) in [5, 5.41) is 0. The highest BCUT2D eigenvalue weighted by Gasteiger charge is 2.35. The average Bonchev–Trinajstić information content (AvgIpc) is 3.13. The van der Waals surface area contributed by atoms with Crippen LogP contribution in [-0.2, 0) is 0 Å². The molecule has 0 amide bonds. The molecule has 4 fully saturated rings. The Bertz CT molecular complexity index is 1320. The summed E-state index contributed by atoms with van der Waals surface area (Å²) in [7, 11) is 0. The van der Waals surface area contributed by atoms with Crippen molar-refractivity contribution in [2.75, 3.05) is 0 Å². The lowest BCUT2D eigenvalue weighted by atomic mass is 9.74. The van der Waals surface area contributed by atoms with E-state index in [-0.39, 0.29) is 11.7 Å². The van der Waals surface area contributed by atoms with Crippen molar-refractivity contribution >= 4 is 0 Å². The van der Waals surface area contributed by atoms with Crippen LogP contribution >= 0.6 is 0 Å². The molecule has 2 aromatic rings. The Morgan fingerprint density at radius 1 is 0.547 bits per heavy atom. The highest BCUT2D eigenvalue weighted by Crippen LogP contribution is 2.42. The maximum atomic E-state index is 14.0. The van der Waals surface area contributed by atoms with Crippen LogP contribution in [0.4, 0.5) is 30.7 Å². The van der Waals surface area contributed by atoms with Crippen molar-refractivity contribution in [1.82, 2.24) is 0 Å². The third-order valence-corrected chi connectivity index (χ3v) is 13.2. The van der Waals surface area contributed by atoms with Crippen LogP contribution in [0.25, 0.3) is 0 Å². The lowest BCUT2D eigenvalue weighted by Crippen LogP contribution is -2.19. The van der Waals surface area contributed by atoms with Gasteiger partial charge in [0.25, 0.3) is 0 Å². The van der Waals surface area contributed by atoms with Gasteiger partial charge in [-0.15, -0.1) is 13.2 Å². The van der Waals surface area contributed by atoms with E-state index in [2.05, 4.69) is 23.3 Å². The fraction of sp³-hybridized carbons (Fsp3) is 0.727. The number of halogens is 7. The number of rotatable bonds is 11. The number of alkyl halides is 5. The quantitative estimate of drug-likeness (QED) is 0.213. The fourth-order valence-corrected chi connectivity index (χ4v) is 9.70. The first-order valence-corrected chi connectivity index (χ1v) is 20.6. The summed E-state index contributed by atoms with van der Waals surface area (Å²) in [6.07, 6.45) is 20.1. The van der Waals surface area contributed by atoms with Gasteiger partial charge < -0.3 is 9.47 Å². The zero-order valence-electron chi connectivity index (χ0n) is 31.8. The van der Waals surface area contributed by atoms with Gasteiger partial charge in [0.1, 0.15) is 5.75 Å². The molecule has 0 heterocycles. The van der Waals surface area contributed by atoms with Gasteiger partial charge in [-0.2, -0.15) is 8.78 Å². The predicted octanol–water partition coefficient (Wildman–Crippen LogP) is 14.9. The van der Waals surface area contributed by atoms with Crippen molar-refractivity contribution in [2.45, 2.75) is 167 Å². The third kappa shape index (κ3) is 13.7. The summed E-state index contributed by atoms with van der Waals surface area (Å²) >= 11 is 0. The second-order valence-corrected chi connectivity index (χ2v) is 17.2. The highest BCUT2D eigenvalue weighted by atomic mass is 19.4. The Labute approximate surface area is 313 Å². The molecule has 9 heteroatoms. The van der Waals surface area contributed by atoms with Crippen LogP contribution in [0.15, 0.2) is 36.4 Å². The molecule has 2 nitrogen and oxygen atoms in total. The number of hydrogen-bond acceptors (Lipinski definition) is 2. The van der Waals surface area contributed by atoms with Crippen molar-refractivity contribution in [1.29, 1.82) is 0 Å². The molecular formula is C44H61F7O2. The molecule has 0 N–H and O–H groups in total. The van der Waals surface area contributed by atoms with Gasteiger partial charge in [-0.1, -0.05) is 103 Å². The second kappa shape index (κ2) is 19.9. The van der Waals surface area contributed by atoms with Crippen LogP contribution in [-0.4, -0.2) is 13.0 Å². The molecule has 6 rings (SSSR count). The molecule has 298 valence electrons. The van der Waals surface area contributed by atoms with Gasteiger partial charge >= 0.3 is 13.0 Å². The molecule has 0 spiro atoms. The molecule has 0 unspecified atom stereocenters. The van der Waals surface area contributed by atoms with Gasteiger partial charge in [0.2, 0.25) is 5.75 Å². The molecule has 0 aromatic heterocycles. The van der Waals surface area contributed by atoms with E-state index < -0.39 is 30.4 Å². The lowest BCUT2D eigenvalue weighted by Gasteiger charge is -2.31. The molecule has 53 heavy (non-hydrogen) atoms. The smallest absolute Gasteiger partial charge is 0.435 e. The maximum Gasteiger partial charge on any atom is 0.573 e. The molecular weight excluding hydrogens is 693 g/mol. The van der Waals surface area contributed by atoms with Gasteiger partial charge in [-0.25, -0.2) is 8.78 Å². The second-order valence-electron chi connectivity index (χ2n) is 17.2. The first-order chi connectivity index (χ1) is 25.3. The van der Waals surface area contributed by atoms with E-state index in [1.165, 1.54) is 108 Å². The molecule has 0 bridgehead atoms. The monoisotopic (exact) mass is 754 g/mol. The van der Waals surface area contributed by atoms with Crippen molar-refractivity contribution in [3.63, 3.8) is 0 Å². The standard InChI is InChI=1S/C22H29F5O.C22H32F2O/c1-14-2-4-15(5-3-14)6-7-16-8-10-17(11-9-16)18-12-19(23)21(20(24)13-18)28-22(25,26)27;1-16-2-4-17(5-3-16)6-7-18-8-10-19(11-9-18)20-12-14-21(15-13-20)25-22(23)24/h12-17H,2-11H2,1H3;12-19,22H,2-11H2,1H3. The molecule has 0 aliphatic heterocycles. The number of hydrogen-bond donors (Lipinski definition) is 0. The molecule has 4 aliphatic rings. The van der Waals surface area contributed by atoms with Crippen LogP contribution in [0.1, 0.15) is 165 Å². The van der Waals surface area contributed by atoms with Crippen LogP contribution in [0.5, 0.6) is 11.5 Å². The minimum Gasteiger partial charge on any atom is -0.435 e. The molecule has 0 atom stereocenters. The molecule has 0 radical (unpaired) electrons. The van der Waals surface area contributed by atoms with Crippen molar-refractivity contribution < 1.29 is 40.2 Å². The Balaban J connectivity index is 0.000000206. The van der Waals surface area contributed by atoms with Crippen LogP contribution < -0.4 is 9.47 Å². The van der Waals surface area contributed by atoms with Crippen molar-refractivity contribution in [3.8, 4) is 11.5 Å². The first-order valence-electron chi connectivity index (χ1n) is 20.6. The van der Waals surface area contributed by atoms with Crippen LogP contribution in [0, 0.1) is 47.1 Å². The van der Waals surface area contributed by atoms with E-state index in [9.17, 15) is 30.7 Å². The van der Waals surface area contributed by atoms with E-state index in [1.54, 1.807) is 12.1 Å². The van der Waals surface area contributed by atoms with E-state index >= 15 is 0 Å². The normalized spacial score (nSPS) is 29.6. The maximum absolute atomic E-state index is 14.0. The molecule has 0 saturated heterocycles. The average molecular weight is 755 g/mol. The van der Waals surface area contributed by atoms with Gasteiger partial charge in [0.05, 0.1) is 0 Å². The number of ether oxygens (including phenoxy) is 2. The summed E-state index contributed by atoms with van der Waals surface area (Å²) < 4.78 is 97.1. The van der Waals surface area contributed by atoms with E-state index in [0.29, 0.717) is 17.4 Å². The zero-order chi connectivity index (χ0) is 38.0. The van der Waals surface area contributed by atoms with Crippen LogP contribution in [0.3, 0.4) is 0 Å². The summed E-state index contributed by atoms with van der Waals surface area (Å²) in [5.41, 5.74) is 1.71. The summed E-state index contributed by atoms with van der Waals surface area (Å²) in [4.78, 5) is 0. The Morgan fingerprint density at radius 2 is 0.906 bits per heavy atom. The van der Waals surface area contributed by atoms with E-state index in [4.69, 9.17) is 0 Å². The Morgan fingerprint density at radius 3 is 1.26 bits per heavy atom. The Hall–Kier alpha value is -2.45. The van der Waals surface area contributed by atoms with Gasteiger partial charge in [0.15, 0.2) is 11.6 Å². The minimum absolute atomic E-state index is 0.00397. The van der Waals surface area contributed by atoms with Crippen LogP contribution in [0.2, 0.25) is 0 Å². The van der Waals surface area contributed by atoms with Gasteiger partial charge in [-0.05, 0) is 134 Å².